The quantitative estimate of drug-likeness (QED) is 0.372. The topological polar surface area (TPSA) is 29.1 Å². The summed E-state index contributed by atoms with van der Waals surface area (Å²) in [6, 6.07) is -5.22. The minimum Gasteiger partial charge on any atom is -0.280 e. The van der Waals surface area contributed by atoms with Crippen LogP contribution in [0.4, 0.5) is 26.7 Å². The van der Waals surface area contributed by atoms with Crippen LogP contribution >= 0.6 is 12.6 Å². The van der Waals surface area contributed by atoms with E-state index in [0.717, 1.165) is 0 Å². The van der Waals surface area contributed by atoms with Gasteiger partial charge >= 0.3 is 12.2 Å². The third-order valence-electron chi connectivity index (χ3n) is 0.620. The maximum atomic E-state index is 11.7. The van der Waals surface area contributed by atoms with Crippen molar-refractivity contribution in [3.05, 3.63) is 0 Å². The first-order valence-electron chi connectivity index (χ1n) is 2.12. The van der Waals surface area contributed by atoms with Crippen LogP contribution in [0.25, 0.3) is 0 Å². The number of nitrogens with one attached hydrogen (secondary N) is 1. The van der Waals surface area contributed by atoms with Gasteiger partial charge < -0.3 is 0 Å². The van der Waals surface area contributed by atoms with E-state index in [1.807, 2.05) is 0 Å². The Morgan fingerprint density at radius 1 is 1.18 bits per heavy atom. The Bertz CT molecular complexity index is 166. The Labute approximate surface area is 63.2 Å². The summed E-state index contributed by atoms with van der Waals surface area (Å²) in [6.45, 7) is 0. The number of alkyl halides is 5. The zero-order chi connectivity index (χ0) is 9.28. The van der Waals surface area contributed by atoms with Crippen LogP contribution in [-0.4, -0.2) is 17.5 Å². The Morgan fingerprint density at radius 2 is 1.55 bits per heavy atom. The van der Waals surface area contributed by atoms with Gasteiger partial charge in [0.2, 0.25) is 0 Å². The summed E-state index contributed by atoms with van der Waals surface area (Å²) in [7, 11) is 0. The molecule has 0 bridgehead atoms. The molecular weight excluding hydrogens is 193 g/mol. The van der Waals surface area contributed by atoms with Gasteiger partial charge in [0.05, 0.1) is 0 Å². The van der Waals surface area contributed by atoms with E-state index in [-0.39, 0.29) is 0 Å². The van der Waals surface area contributed by atoms with Crippen molar-refractivity contribution in [1.82, 2.24) is 5.32 Å². The van der Waals surface area contributed by atoms with E-state index >= 15 is 0 Å². The van der Waals surface area contributed by atoms with E-state index in [0.29, 0.717) is 5.32 Å². The first-order valence-corrected chi connectivity index (χ1v) is 2.57. The summed E-state index contributed by atoms with van der Waals surface area (Å²) in [4.78, 5) is 9.68. The minimum absolute atomic E-state index is 0.326. The third kappa shape index (κ3) is 2.91. The minimum atomic E-state index is -5.79. The fraction of sp³-hybridized carbons (Fsp3) is 0.667. The number of hydrogen-bond donors (Lipinski definition) is 2. The summed E-state index contributed by atoms with van der Waals surface area (Å²) in [5.41, 5.74) is 0. The van der Waals surface area contributed by atoms with Crippen molar-refractivity contribution >= 4 is 17.9 Å². The maximum absolute atomic E-state index is 11.7. The molecular formula is C3H2F5NOS. The third-order valence-corrected chi connectivity index (χ3v) is 0.732. The predicted octanol–water partition coefficient (Wildman–Crippen LogP) is 1.78. The standard InChI is InChI=1S/C3H2F5NOS/c4-2(5,6)3(7,8)9-1(10)11/h(H2,9,10,11). The van der Waals surface area contributed by atoms with E-state index in [1.165, 1.54) is 0 Å². The Balaban J connectivity index is 4.34. The molecule has 1 N–H and O–H groups in total. The SMILES string of the molecule is O=C(S)NC(F)(F)C(F)(F)F. The lowest BCUT2D eigenvalue weighted by Gasteiger charge is -2.18. The monoisotopic (exact) mass is 195 g/mol. The molecule has 0 aliphatic heterocycles. The van der Waals surface area contributed by atoms with Crippen LogP contribution in [0, 0.1) is 0 Å². The van der Waals surface area contributed by atoms with Gasteiger partial charge in [0, 0.05) is 0 Å². The first kappa shape index (κ1) is 10.5. The highest BCUT2D eigenvalue weighted by molar-refractivity contribution is 7.96. The molecule has 0 aromatic carbocycles. The Kier molecular flexibility index (Phi) is 2.70. The molecule has 66 valence electrons. The van der Waals surface area contributed by atoms with E-state index in [9.17, 15) is 26.7 Å². The molecule has 0 unspecified atom stereocenters. The maximum Gasteiger partial charge on any atom is 0.475 e. The first-order chi connectivity index (χ1) is 4.67. The molecule has 0 fully saturated rings. The summed E-state index contributed by atoms with van der Waals surface area (Å²) in [6.07, 6.45) is -5.79. The lowest BCUT2D eigenvalue weighted by atomic mass is 10.5. The summed E-state index contributed by atoms with van der Waals surface area (Å²) >= 11 is 2.69. The second-order valence-corrected chi connectivity index (χ2v) is 1.91. The molecule has 0 spiro atoms. The molecule has 0 rings (SSSR count). The summed E-state index contributed by atoms with van der Waals surface area (Å²) in [5, 5.41) is -1.42. The second-order valence-electron chi connectivity index (χ2n) is 1.50. The van der Waals surface area contributed by atoms with Crippen LogP contribution in [-0.2, 0) is 0 Å². The highest BCUT2D eigenvalue weighted by atomic mass is 32.1. The van der Waals surface area contributed by atoms with Crippen molar-refractivity contribution in [2.24, 2.45) is 0 Å². The van der Waals surface area contributed by atoms with Gasteiger partial charge in [0.25, 0.3) is 5.24 Å². The van der Waals surface area contributed by atoms with Gasteiger partial charge in [-0.05, 0) is 0 Å². The van der Waals surface area contributed by atoms with Crippen LogP contribution in [0.15, 0.2) is 0 Å². The molecule has 0 atom stereocenters. The molecule has 0 radical (unpaired) electrons. The summed E-state index contributed by atoms with van der Waals surface area (Å²) in [5.74, 6) is 0. The number of amides is 1. The number of rotatable bonds is 1. The molecule has 8 heteroatoms. The van der Waals surface area contributed by atoms with Gasteiger partial charge in [-0.25, -0.2) is 0 Å². The molecule has 1 amide bonds. The Morgan fingerprint density at radius 3 is 1.64 bits per heavy atom. The van der Waals surface area contributed by atoms with Crippen molar-refractivity contribution in [1.29, 1.82) is 0 Å². The molecule has 0 saturated carbocycles. The fourth-order valence-corrected chi connectivity index (χ4v) is 0.346. The Hall–Kier alpha value is -0.530. The van der Waals surface area contributed by atoms with Crippen molar-refractivity contribution in [2.45, 2.75) is 12.2 Å². The summed E-state index contributed by atoms with van der Waals surface area (Å²) < 4.78 is 56.9. The van der Waals surface area contributed by atoms with E-state index in [4.69, 9.17) is 0 Å². The molecule has 0 aliphatic rings. The number of thiol groups is 1. The zero-order valence-electron chi connectivity index (χ0n) is 4.75. The van der Waals surface area contributed by atoms with Crippen LogP contribution in [0.2, 0.25) is 0 Å². The molecule has 0 saturated heterocycles. The number of hydrogen-bond acceptors (Lipinski definition) is 1. The average Bonchev–Trinajstić information content (AvgIpc) is 1.56. The number of halogens is 5. The highest BCUT2D eigenvalue weighted by Gasteiger charge is 2.58. The van der Waals surface area contributed by atoms with Crippen LogP contribution in [0.5, 0.6) is 0 Å². The fourth-order valence-electron chi connectivity index (χ4n) is 0.205. The van der Waals surface area contributed by atoms with Gasteiger partial charge in [-0.15, -0.1) is 0 Å². The predicted molar refractivity (Wildman–Crippen MR) is 28.5 cm³/mol. The average molecular weight is 195 g/mol. The van der Waals surface area contributed by atoms with Crippen molar-refractivity contribution in [3.63, 3.8) is 0 Å². The van der Waals surface area contributed by atoms with Gasteiger partial charge in [-0.2, -0.15) is 22.0 Å². The zero-order valence-corrected chi connectivity index (χ0v) is 5.64. The van der Waals surface area contributed by atoms with Crippen molar-refractivity contribution < 1.29 is 26.7 Å². The molecule has 2 nitrogen and oxygen atoms in total. The lowest BCUT2D eigenvalue weighted by Crippen LogP contribution is -2.50. The van der Waals surface area contributed by atoms with Gasteiger partial charge in [-0.1, -0.05) is 12.6 Å². The van der Waals surface area contributed by atoms with E-state index in [1.54, 1.807) is 0 Å². The van der Waals surface area contributed by atoms with Gasteiger partial charge in [0.1, 0.15) is 0 Å². The number of carbonyl (C=O) groups excluding carboxylic acids is 1. The highest BCUT2D eigenvalue weighted by Crippen LogP contribution is 2.32. The molecule has 0 heterocycles. The molecule has 11 heavy (non-hydrogen) atoms. The smallest absolute Gasteiger partial charge is 0.280 e. The normalized spacial score (nSPS) is 12.9. The van der Waals surface area contributed by atoms with E-state index in [2.05, 4.69) is 12.6 Å². The van der Waals surface area contributed by atoms with Crippen molar-refractivity contribution in [3.8, 4) is 0 Å². The second kappa shape index (κ2) is 2.84. The van der Waals surface area contributed by atoms with E-state index < -0.39 is 17.5 Å². The number of carbonyl (C=O) groups is 1. The van der Waals surface area contributed by atoms with Crippen LogP contribution < -0.4 is 5.32 Å². The lowest BCUT2D eigenvalue weighted by molar-refractivity contribution is -0.289. The molecule has 0 aromatic heterocycles. The van der Waals surface area contributed by atoms with Crippen molar-refractivity contribution in [2.75, 3.05) is 0 Å². The van der Waals surface area contributed by atoms with Crippen LogP contribution in [0.3, 0.4) is 0 Å². The largest absolute Gasteiger partial charge is 0.475 e. The molecule has 0 aliphatic carbocycles. The van der Waals surface area contributed by atoms with Gasteiger partial charge in [0.15, 0.2) is 0 Å². The van der Waals surface area contributed by atoms with Gasteiger partial charge in [-0.3, -0.25) is 10.1 Å². The van der Waals surface area contributed by atoms with Crippen LogP contribution in [0.1, 0.15) is 0 Å². The molecule has 0 aromatic rings.